The summed E-state index contributed by atoms with van der Waals surface area (Å²) >= 11 is 0. The fourth-order valence-electron chi connectivity index (χ4n) is 1.85. The molecule has 0 spiro atoms. The van der Waals surface area contributed by atoms with Gasteiger partial charge in [0.05, 0.1) is 13.3 Å². The minimum Gasteiger partial charge on any atom is -0.299 e. The van der Waals surface area contributed by atoms with Gasteiger partial charge in [-0.1, -0.05) is 24.1 Å². The SMILES string of the molecule is CC(C)(C)N(CN=[N+]=[N-])CN=[N+]=[N-].CCN(CC)C(C)(C)C. The molecule has 0 aromatic heterocycles. The third-order valence-corrected chi connectivity index (χ3v) is 3.26. The highest BCUT2D eigenvalue weighted by Gasteiger charge is 2.19. The van der Waals surface area contributed by atoms with Gasteiger partial charge < -0.3 is 0 Å². The van der Waals surface area contributed by atoms with Crippen LogP contribution in [0.5, 0.6) is 0 Å². The molecule has 0 aromatic carbocycles. The summed E-state index contributed by atoms with van der Waals surface area (Å²) in [5, 5.41) is 6.83. The van der Waals surface area contributed by atoms with E-state index in [0.717, 1.165) is 13.1 Å². The van der Waals surface area contributed by atoms with E-state index in [9.17, 15) is 0 Å². The van der Waals surface area contributed by atoms with E-state index in [-0.39, 0.29) is 18.9 Å². The molecule has 0 unspecified atom stereocenters. The fraction of sp³-hybridized carbons (Fsp3) is 1.00. The Morgan fingerprint density at radius 3 is 1.18 bits per heavy atom. The van der Waals surface area contributed by atoms with E-state index in [2.05, 4.69) is 59.6 Å². The van der Waals surface area contributed by atoms with Crippen molar-refractivity contribution in [2.24, 2.45) is 10.2 Å². The zero-order chi connectivity index (χ0) is 17.8. The quantitative estimate of drug-likeness (QED) is 0.401. The lowest BCUT2D eigenvalue weighted by molar-refractivity contribution is 0.145. The van der Waals surface area contributed by atoms with Crippen molar-refractivity contribution in [1.82, 2.24) is 9.80 Å². The molecule has 22 heavy (non-hydrogen) atoms. The molecule has 8 heteroatoms. The second kappa shape index (κ2) is 11.2. The zero-order valence-electron chi connectivity index (χ0n) is 15.4. The molecule has 0 radical (unpaired) electrons. The largest absolute Gasteiger partial charge is 0.299 e. The third kappa shape index (κ3) is 11.2. The third-order valence-electron chi connectivity index (χ3n) is 3.26. The van der Waals surface area contributed by atoms with Gasteiger partial charge in [-0.15, -0.1) is 0 Å². The first-order valence-electron chi connectivity index (χ1n) is 7.56. The number of azide groups is 2. The van der Waals surface area contributed by atoms with Gasteiger partial charge in [0, 0.05) is 20.9 Å². The van der Waals surface area contributed by atoms with E-state index in [4.69, 9.17) is 11.1 Å². The predicted octanol–water partition coefficient (Wildman–Crippen LogP) is 4.75. The van der Waals surface area contributed by atoms with Gasteiger partial charge >= 0.3 is 0 Å². The normalized spacial score (nSPS) is 11.4. The number of hydrogen-bond acceptors (Lipinski definition) is 4. The van der Waals surface area contributed by atoms with Crippen LogP contribution in [-0.4, -0.2) is 47.3 Å². The number of hydrogen-bond donors (Lipinski definition) is 0. The van der Waals surface area contributed by atoms with Crippen LogP contribution >= 0.6 is 0 Å². The molecule has 0 atom stereocenters. The molecule has 0 bridgehead atoms. The van der Waals surface area contributed by atoms with Gasteiger partial charge in [0.25, 0.3) is 0 Å². The van der Waals surface area contributed by atoms with Gasteiger partial charge in [-0.05, 0) is 65.7 Å². The van der Waals surface area contributed by atoms with Crippen molar-refractivity contribution in [2.45, 2.75) is 66.5 Å². The molecule has 0 N–H and O–H groups in total. The van der Waals surface area contributed by atoms with Gasteiger partial charge in [-0.25, -0.2) is 0 Å². The lowest BCUT2D eigenvalue weighted by Crippen LogP contribution is -2.41. The van der Waals surface area contributed by atoms with Crippen molar-refractivity contribution in [3.05, 3.63) is 20.9 Å². The molecule has 0 amide bonds. The number of nitrogens with zero attached hydrogens (tertiary/aromatic N) is 8. The molecule has 0 saturated heterocycles. The van der Waals surface area contributed by atoms with Gasteiger partial charge in [-0.2, -0.15) is 0 Å². The Labute approximate surface area is 134 Å². The average Bonchev–Trinajstić information content (AvgIpc) is 2.38. The Morgan fingerprint density at radius 2 is 1.05 bits per heavy atom. The van der Waals surface area contributed by atoms with Crippen molar-refractivity contribution in [3.8, 4) is 0 Å². The Hall–Kier alpha value is -1.46. The van der Waals surface area contributed by atoms with E-state index >= 15 is 0 Å². The van der Waals surface area contributed by atoms with E-state index in [1.165, 1.54) is 0 Å². The van der Waals surface area contributed by atoms with Crippen molar-refractivity contribution in [3.63, 3.8) is 0 Å². The van der Waals surface area contributed by atoms with Crippen molar-refractivity contribution in [2.75, 3.05) is 26.4 Å². The maximum atomic E-state index is 8.13. The summed E-state index contributed by atoms with van der Waals surface area (Å²) < 4.78 is 0. The van der Waals surface area contributed by atoms with Crippen LogP contribution < -0.4 is 0 Å². The Bertz CT molecular complexity index is 357. The highest BCUT2D eigenvalue weighted by atomic mass is 15.4. The Kier molecular flexibility index (Phi) is 11.6. The van der Waals surface area contributed by atoms with Crippen molar-refractivity contribution in [1.29, 1.82) is 0 Å². The van der Waals surface area contributed by atoms with Crippen LogP contribution in [0, 0.1) is 0 Å². The van der Waals surface area contributed by atoms with E-state index in [1.54, 1.807) is 4.90 Å². The molecule has 0 saturated carbocycles. The predicted molar refractivity (Wildman–Crippen MR) is 92.3 cm³/mol. The molecule has 8 nitrogen and oxygen atoms in total. The first-order chi connectivity index (χ1) is 10.0. The maximum absolute atomic E-state index is 8.13. The molecule has 0 aliphatic heterocycles. The summed E-state index contributed by atoms with van der Waals surface area (Å²) in [6, 6.07) is 0. The van der Waals surface area contributed by atoms with E-state index in [1.807, 2.05) is 20.8 Å². The molecule has 0 aliphatic rings. The number of rotatable bonds is 6. The Balaban J connectivity index is 0. The molecular formula is C14H32N8. The second-order valence-electron chi connectivity index (χ2n) is 6.80. The lowest BCUT2D eigenvalue weighted by atomic mass is 10.1. The van der Waals surface area contributed by atoms with Crippen LogP contribution in [0.3, 0.4) is 0 Å². The summed E-state index contributed by atoms with van der Waals surface area (Å²) in [5.74, 6) is 0. The van der Waals surface area contributed by atoms with E-state index < -0.39 is 0 Å². The molecule has 0 rings (SSSR count). The summed E-state index contributed by atoms with van der Waals surface area (Å²) in [5.41, 5.74) is 16.4. The monoisotopic (exact) mass is 312 g/mol. The molecule has 0 aromatic rings. The summed E-state index contributed by atoms with van der Waals surface area (Å²) in [6.45, 7) is 19.7. The minimum absolute atomic E-state index is 0.178. The summed E-state index contributed by atoms with van der Waals surface area (Å²) in [6.07, 6.45) is 0. The van der Waals surface area contributed by atoms with Crippen molar-refractivity contribution < 1.29 is 0 Å². The molecular weight excluding hydrogens is 280 g/mol. The van der Waals surface area contributed by atoms with Gasteiger partial charge in [0.15, 0.2) is 0 Å². The van der Waals surface area contributed by atoms with Gasteiger partial charge in [-0.3, -0.25) is 9.80 Å². The molecule has 0 heterocycles. The van der Waals surface area contributed by atoms with Crippen LogP contribution in [0.15, 0.2) is 10.2 Å². The summed E-state index contributed by atoms with van der Waals surface area (Å²) in [7, 11) is 0. The first kappa shape index (κ1) is 22.8. The summed E-state index contributed by atoms with van der Waals surface area (Å²) in [4.78, 5) is 9.50. The fourth-order valence-corrected chi connectivity index (χ4v) is 1.85. The molecule has 0 fully saturated rings. The highest BCUT2D eigenvalue weighted by Crippen LogP contribution is 2.12. The topological polar surface area (TPSA) is 104 Å². The van der Waals surface area contributed by atoms with Crippen LogP contribution in [0.4, 0.5) is 0 Å². The van der Waals surface area contributed by atoms with Crippen molar-refractivity contribution >= 4 is 0 Å². The van der Waals surface area contributed by atoms with Crippen LogP contribution in [0.2, 0.25) is 0 Å². The first-order valence-corrected chi connectivity index (χ1v) is 7.56. The van der Waals surface area contributed by atoms with Crippen LogP contribution in [0.25, 0.3) is 20.9 Å². The smallest absolute Gasteiger partial charge is 0.0779 e. The van der Waals surface area contributed by atoms with E-state index in [0.29, 0.717) is 5.54 Å². The van der Waals surface area contributed by atoms with Gasteiger partial charge in [0.1, 0.15) is 0 Å². The average molecular weight is 312 g/mol. The van der Waals surface area contributed by atoms with Crippen LogP contribution in [0.1, 0.15) is 55.4 Å². The zero-order valence-corrected chi connectivity index (χ0v) is 15.4. The van der Waals surface area contributed by atoms with Crippen LogP contribution in [-0.2, 0) is 0 Å². The highest BCUT2D eigenvalue weighted by molar-refractivity contribution is 4.75. The lowest BCUT2D eigenvalue weighted by Gasteiger charge is -2.33. The molecule has 128 valence electrons. The molecule has 0 aliphatic carbocycles. The Morgan fingerprint density at radius 1 is 0.727 bits per heavy atom. The van der Waals surface area contributed by atoms with Gasteiger partial charge in [0.2, 0.25) is 0 Å². The second-order valence-corrected chi connectivity index (χ2v) is 6.80. The minimum atomic E-state index is -0.178. The maximum Gasteiger partial charge on any atom is 0.0779 e. The standard InChI is InChI=1S/C8H19N.C6H13N7/c1-6-9(7-2)8(3,4)5;1-6(2,3)13(4-9-11-7)5-10-12-8/h6-7H2,1-5H3;4-5H2,1-3H3.